The number of halogens is 2. The number of carbonyl (C=O) groups is 1. The Labute approximate surface area is 149 Å². The zero-order chi connectivity index (χ0) is 19.3. The maximum absolute atomic E-state index is 12.4. The predicted octanol–water partition coefficient (Wildman–Crippen LogP) is 3.60. The second kappa shape index (κ2) is 8.09. The summed E-state index contributed by atoms with van der Waals surface area (Å²) in [7, 11) is -2.01. The molecule has 0 aromatic heterocycles. The summed E-state index contributed by atoms with van der Waals surface area (Å²) in [6, 6.07) is 9.85. The van der Waals surface area contributed by atoms with Crippen LogP contribution in [0.4, 0.5) is 8.78 Å². The molecule has 2 aromatic carbocycles. The maximum Gasteiger partial charge on any atom is 0.387 e. The third kappa shape index (κ3) is 5.13. The minimum Gasteiger partial charge on any atom is -0.493 e. The van der Waals surface area contributed by atoms with Gasteiger partial charge in [0.1, 0.15) is 0 Å². The Hall–Kier alpha value is -2.74. The zero-order valence-electron chi connectivity index (χ0n) is 14.0. The molecule has 0 saturated carbocycles. The number of allylic oxidation sites excluding steroid dienone is 1. The lowest BCUT2D eigenvalue weighted by Crippen LogP contribution is -2.03. The van der Waals surface area contributed by atoms with Crippen LogP contribution in [0.3, 0.4) is 0 Å². The fourth-order valence-corrected chi connectivity index (χ4v) is 2.75. The van der Waals surface area contributed by atoms with Gasteiger partial charge in [0.15, 0.2) is 27.1 Å². The number of hydrogen-bond acceptors (Lipinski definition) is 5. The first-order chi connectivity index (χ1) is 12.2. The van der Waals surface area contributed by atoms with Gasteiger partial charge in [-0.05, 0) is 48.0 Å². The van der Waals surface area contributed by atoms with Crippen LogP contribution in [-0.2, 0) is 9.84 Å². The van der Waals surface area contributed by atoms with Crippen molar-refractivity contribution in [2.75, 3.05) is 13.4 Å². The lowest BCUT2D eigenvalue weighted by atomic mass is 10.1. The fraction of sp³-hybridized carbons (Fsp3) is 0.167. The monoisotopic (exact) mass is 382 g/mol. The first-order valence-electron chi connectivity index (χ1n) is 7.36. The number of ether oxygens (including phenoxy) is 2. The number of benzene rings is 2. The van der Waals surface area contributed by atoms with E-state index in [1.807, 2.05) is 0 Å². The Morgan fingerprint density at radius 2 is 1.73 bits per heavy atom. The van der Waals surface area contributed by atoms with Crippen molar-refractivity contribution in [1.82, 2.24) is 0 Å². The standard InChI is InChI=1S/C18H16F2O5S/c1-24-16-10-4-12(11-17(16)25-18(19)20)3-9-15(21)13-5-7-14(8-6-13)26(2,22)23/h3-11,18H,1-2H3/b9-3+. The molecular weight excluding hydrogens is 366 g/mol. The maximum atomic E-state index is 12.4. The van der Waals surface area contributed by atoms with Gasteiger partial charge >= 0.3 is 6.61 Å². The third-order valence-corrected chi connectivity index (χ3v) is 4.53. The van der Waals surface area contributed by atoms with Gasteiger partial charge < -0.3 is 9.47 Å². The molecule has 26 heavy (non-hydrogen) atoms. The van der Waals surface area contributed by atoms with Crippen LogP contribution in [0.2, 0.25) is 0 Å². The van der Waals surface area contributed by atoms with E-state index >= 15 is 0 Å². The topological polar surface area (TPSA) is 69.7 Å². The minimum absolute atomic E-state index is 0.113. The highest BCUT2D eigenvalue weighted by Crippen LogP contribution is 2.30. The van der Waals surface area contributed by atoms with Gasteiger partial charge in [-0.3, -0.25) is 4.79 Å². The average molecular weight is 382 g/mol. The number of ketones is 1. The molecule has 0 spiro atoms. The van der Waals surface area contributed by atoms with Crippen LogP contribution in [0, 0.1) is 0 Å². The highest BCUT2D eigenvalue weighted by Gasteiger charge is 2.11. The van der Waals surface area contributed by atoms with Crippen molar-refractivity contribution < 1.29 is 31.5 Å². The third-order valence-electron chi connectivity index (χ3n) is 3.40. The van der Waals surface area contributed by atoms with Crippen LogP contribution >= 0.6 is 0 Å². The summed E-state index contributed by atoms with van der Waals surface area (Å²) in [5.41, 5.74) is 0.758. The van der Waals surface area contributed by atoms with E-state index in [0.29, 0.717) is 11.1 Å². The molecule has 0 aliphatic heterocycles. The molecule has 0 radical (unpaired) electrons. The SMILES string of the molecule is COc1ccc(/C=C/C(=O)c2ccc(S(C)(=O)=O)cc2)cc1OC(F)F. The van der Waals surface area contributed by atoms with E-state index < -0.39 is 16.4 Å². The van der Waals surface area contributed by atoms with Crippen molar-refractivity contribution >= 4 is 21.7 Å². The first kappa shape index (κ1) is 19.6. The van der Waals surface area contributed by atoms with Crippen LogP contribution in [0.25, 0.3) is 6.08 Å². The van der Waals surface area contributed by atoms with Gasteiger partial charge in [-0.2, -0.15) is 8.78 Å². The summed E-state index contributed by atoms with van der Waals surface area (Å²) in [6.45, 7) is -3.00. The van der Waals surface area contributed by atoms with Gasteiger partial charge in [-0.1, -0.05) is 12.1 Å². The van der Waals surface area contributed by atoms with Gasteiger partial charge in [-0.25, -0.2) is 8.42 Å². The molecule has 138 valence electrons. The van der Waals surface area contributed by atoms with Crippen LogP contribution in [0.5, 0.6) is 11.5 Å². The van der Waals surface area contributed by atoms with Crippen molar-refractivity contribution in [2.24, 2.45) is 0 Å². The molecule has 0 unspecified atom stereocenters. The number of sulfone groups is 1. The van der Waals surface area contributed by atoms with Gasteiger partial charge in [0, 0.05) is 11.8 Å². The number of alkyl halides is 2. The Morgan fingerprint density at radius 1 is 1.08 bits per heavy atom. The summed E-state index contributed by atoms with van der Waals surface area (Å²) < 4.78 is 57.0. The van der Waals surface area contributed by atoms with E-state index in [-0.39, 0.29) is 22.2 Å². The Bertz CT molecular complexity index is 919. The van der Waals surface area contributed by atoms with E-state index in [2.05, 4.69) is 4.74 Å². The zero-order valence-corrected chi connectivity index (χ0v) is 14.8. The minimum atomic E-state index is -3.34. The Balaban J connectivity index is 2.19. The summed E-state index contributed by atoms with van der Waals surface area (Å²) in [4.78, 5) is 12.3. The second-order valence-corrected chi connectivity index (χ2v) is 7.30. The Kier molecular flexibility index (Phi) is 6.10. The van der Waals surface area contributed by atoms with Crippen molar-refractivity contribution in [1.29, 1.82) is 0 Å². The Morgan fingerprint density at radius 3 is 2.27 bits per heavy atom. The molecule has 0 atom stereocenters. The predicted molar refractivity (Wildman–Crippen MR) is 92.5 cm³/mol. The average Bonchev–Trinajstić information content (AvgIpc) is 2.58. The molecule has 0 amide bonds. The molecule has 5 nitrogen and oxygen atoms in total. The van der Waals surface area contributed by atoms with E-state index in [0.717, 1.165) is 6.26 Å². The molecule has 0 saturated heterocycles. The molecule has 0 aliphatic carbocycles. The normalized spacial score (nSPS) is 11.7. The summed E-state index contributed by atoms with van der Waals surface area (Å²) in [5, 5.41) is 0. The molecule has 2 aromatic rings. The van der Waals surface area contributed by atoms with Crippen molar-refractivity contribution in [3.63, 3.8) is 0 Å². The van der Waals surface area contributed by atoms with E-state index in [1.165, 1.54) is 55.7 Å². The second-order valence-electron chi connectivity index (χ2n) is 5.28. The van der Waals surface area contributed by atoms with Crippen LogP contribution < -0.4 is 9.47 Å². The molecule has 8 heteroatoms. The smallest absolute Gasteiger partial charge is 0.387 e. The van der Waals surface area contributed by atoms with Gasteiger partial charge in [0.25, 0.3) is 0 Å². The molecule has 2 rings (SSSR count). The summed E-state index contributed by atoms with van der Waals surface area (Å²) in [5.74, 6) is -0.364. The lowest BCUT2D eigenvalue weighted by molar-refractivity contribution is -0.0512. The van der Waals surface area contributed by atoms with E-state index in [4.69, 9.17) is 4.74 Å². The van der Waals surface area contributed by atoms with Crippen molar-refractivity contribution in [2.45, 2.75) is 11.5 Å². The van der Waals surface area contributed by atoms with E-state index in [9.17, 15) is 22.0 Å². The van der Waals surface area contributed by atoms with Crippen molar-refractivity contribution in [3.05, 3.63) is 59.7 Å². The number of carbonyl (C=O) groups excluding carboxylic acids is 1. The van der Waals surface area contributed by atoms with Crippen LogP contribution in [0.15, 0.2) is 53.4 Å². The fourth-order valence-electron chi connectivity index (χ4n) is 2.12. The number of methoxy groups -OCH3 is 1. The van der Waals surface area contributed by atoms with Gasteiger partial charge in [0.2, 0.25) is 0 Å². The summed E-state index contributed by atoms with van der Waals surface area (Å²) >= 11 is 0. The molecule has 0 aliphatic rings. The molecule has 0 bridgehead atoms. The quantitative estimate of drug-likeness (QED) is 0.541. The number of hydrogen-bond donors (Lipinski definition) is 0. The molecular formula is C18H16F2O5S. The van der Waals surface area contributed by atoms with Crippen LogP contribution in [-0.4, -0.2) is 34.2 Å². The molecule has 0 fully saturated rings. The van der Waals surface area contributed by atoms with Gasteiger partial charge in [0.05, 0.1) is 12.0 Å². The van der Waals surface area contributed by atoms with Crippen molar-refractivity contribution in [3.8, 4) is 11.5 Å². The summed E-state index contributed by atoms with van der Waals surface area (Å²) in [6.07, 6.45) is 3.76. The van der Waals surface area contributed by atoms with E-state index in [1.54, 1.807) is 6.07 Å². The van der Waals surface area contributed by atoms with Crippen LogP contribution in [0.1, 0.15) is 15.9 Å². The molecule has 0 N–H and O–H groups in total. The largest absolute Gasteiger partial charge is 0.493 e. The lowest BCUT2D eigenvalue weighted by Gasteiger charge is -2.10. The number of rotatable bonds is 7. The highest BCUT2D eigenvalue weighted by molar-refractivity contribution is 7.90. The highest BCUT2D eigenvalue weighted by atomic mass is 32.2. The van der Waals surface area contributed by atoms with Gasteiger partial charge in [-0.15, -0.1) is 0 Å². The first-order valence-corrected chi connectivity index (χ1v) is 9.25. The molecule has 0 heterocycles.